The molecule has 0 aliphatic rings. The molecule has 0 aromatic heterocycles. The van der Waals surface area contributed by atoms with E-state index in [1.54, 1.807) is 18.2 Å². The number of hydrogen-bond donors (Lipinski definition) is 2. The maximum Gasteiger partial charge on any atom is 0.243 e. The fraction of sp³-hybridized carbons (Fsp3) is 0.0714. The molecule has 22 heavy (non-hydrogen) atoms. The second-order valence-electron chi connectivity index (χ2n) is 4.31. The SMILES string of the molecule is O=C(CNc1cc(Cl)cc(Cl)c1)Nc1cc(Cl)c(Cl)cc1Cl. The standard InChI is InChI=1S/C14H9Cl5N2O/c15-7-1-8(16)3-9(2-7)20-6-14(22)21-13-5-11(18)10(17)4-12(13)19/h1-5,20H,6H2,(H,21,22). The van der Waals surface area contributed by atoms with Crippen LogP contribution in [-0.4, -0.2) is 12.5 Å². The quantitative estimate of drug-likeness (QED) is 0.620. The van der Waals surface area contributed by atoms with E-state index in [2.05, 4.69) is 10.6 Å². The molecule has 2 aromatic rings. The molecule has 0 bridgehead atoms. The van der Waals surface area contributed by atoms with Crippen molar-refractivity contribution in [1.82, 2.24) is 0 Å². The van der Waals surface area contributed by atoms with Crippen LogP contribution in [0.5, 0.6) is 0 Å². The zero-order valence-electron chi connectivity index (χ0n) is 10.9. The number of anilines is 2. The Kier molecular flexibility index (Phi) is 6.07. The highest BCUT2D eigenvalue weighted by atomic mass is 35.5. The molecule has 0 spiro atoms. The summed E-state index contributed by atoms with van der Waals surface area (Å²) in [5, 5.41) is 7.41. The fourth-order valence-electron chi connectivity index (χ4n) is 1.65. The average molecular weight is 399 g/mol. The van der Waals surface area contributed by atoms with Gasteiger partial charge in [0.1, 0.15) is 0 Å². The van der Waals surface area contributed by atoms with Crippen LogP contribution in [0.2, 0.25) is 25.1 Å². The summed E-state index contributed by atoms with van der Waals surface area (Å²) >= 11 is 29.5. The molecular formula is C14H9Cl5N2O. The molecule has 0 heterocycles. The minimum atomic E-state index is -0.309. The van der Waals surface area contributed by atoms with Crippen molar-refractivity contribution in [2.75, 3.05) is 17.2 Å². The van der Waals surface area contributed by atoms with Crippen molar-refractivity contribution in [3.8, 4) is 0 Å². The van der Waals surface area contributed by atoms with Crippen LogP contribution in [-0.2, 0) is 4.79 Å². The highest BCUT2D eigenvalue weighted by Crippen LogP contribution is 2.32. The zero-order chi connectivity index (χ0) is 16.3. The number of benzene rings is 2. The lowest BCUT2D eigenvalue weighted by Crippen LogP contribution is -2.21. The molecule has 1 amide bonds. The van der Waals surface area contributed by atoms with Crippen LogP contribution in [0, 0.1) is 0 Å². The van der Waals surface area contributed by atoms with E-state index in [0.29, 0.717) is 36.5 Å². The van der Waals surface area contributed by atoms with Crippen molar-refractivity contribution in [3.05, 3.63) is 55.4 Å². The molecule has 0 fully saturated rings. The topological polar surface area (TPSA) is 41.1 Å². The molecule has 2 rings (SSSR count). The van der Waals surface area contributed by atoms with E-state index in [1.807, 2.05) is 0 Å². The third-order valence-corrected chi connectivity index (χ3v) is 4.07. The van der Waals surface area contributed by atoms with Gasteiger partial charge < -0.3 is 10.6 Å². The van der Waals surface area contributed by atoms with Gasteiger partial charge in [0.05, 0.1) is 27.3 Å². The van der Waals surface area contributed by atoms with Crippen LogP contribution in [0.4, 0.5) is 11.4 Å². The number of hydrogen-bond acceptors (Lipinski definition) is 2. The van der Waals surface area contributed by atoms with Crippen molar-refractivity contribution in [2.24, 2.45) is 0 Å². The van der Waals surface area contributed by atoms with Crippen LogP contribution in [0.1, 0.15) is 0 Å². The van der Waals surface area contributed by atoms with Crippen LogP contribution in [0.3, 0.4) is 0 Å². The summed E-state index contributed by atoms with van der Waals surface area (Å²) in [6.45, 7) is 0.00719. The van der Waals surface area contributed by atoms with Crippen molar-refractivity contribution in [3.63, 3.8) is 0 Å². The first-order valence-corrected chi connectivity index (χ1v) is 7.88. The summed E-state index contributed by atoms with van der Waals surface area (Å²) in [5.41, 5.74) is 1.01. The van der Waals surface area contributed by atoms with E-state index in [9.17, 15) is 4.79 Å². The van der Waals surface area contributed by atoms with Gasteiger partial charge in [0.25, 0.3) is 0 Å². The van der Waals surface area contributed by atoms with E-state index >= 15 is 0 Å². The van der Waals surface area contributed by atoms with Gasteiger partial charge in [-0.1, -0.05) is 58.0 Å². The van der Waals surface area contributed by atoms with Crippen LogP contribution < -0.4 is 10.6 Å². The number of rotatable bonds is 4. The lowest BCUT2D eigenvalue weighted by Gasteiger charge is -2.10. The van der Waals surface area contributed by atoms with Crippen molar-refractivity contribution in [2.45, 2.75) is 0 Å². The molecule has 0 radical (unpaired) electrons. The first-order valence-electron chi connectivity index (χ1n) is 5.99. The molecule has 2 aromatic carbocycles. The van der Waals surface area contributed by atoms with Crippen molar-refractivity contribution < 1.29 is 4.79 Å². The average Bonchev–Trinajstić information content (AvgIpc) is 2.41. The summed E-state index contributed by atoms with van der Waals surface area (Å²) in [4.78, 5) is 11.9. The van der Waals surface area contributed by atoms with Gasteiger partial charge in [-0.3, -0.25) is 4.79 Å². The second-order valence-corrected chi connectivity index (χ2v) is 6.40. The summed E-state index contributed by atoms with van der Waals surface area (Å²) in [5.74, 6) is -0.309. The van der Waals surface area contributed by atoms with Gasteiger partial charge in [-0.05, 0) is 30.3 Å². The molecule has 0 saturated heterocycles. The molecule has 0 unspecified atom stereocenters. The summed E-state index contributed by atoms with van der Waals surface area (Å²) in [6.07, 6.45) is 0. The number of nitrogens with one attached hydrogen (secondary N) is 2. The predicted molar refractivity (Wildman–Crippen MR) is 95.1 cm³/mol. The van der Waals surface area contributed by atoms with E-state index in [1.165, 1.54) is 12.1 Å². The maximum absolute atomic E-state index is 11.9. The van der Waals surface area contributed by atoms with Crippen molar-refractivity contribution >= 4 is 75.3 Å². The fourth-order valence-corrected chi connectivity index (χ4v) is 2.77. The number of amides is 1. The van der Waals surface area contributed by atoms with Gasteiger partial charge in [0.15, 0.2) is 0 Å². The molecular weight excluding hydrogens is 389 g/mol. The summed E-state index contributed by atoms with van der Waals surface area (Å²) in [7, 11) is 0. The largest absolute Gasteiger partial charge is 0.376 e. The predicted octanol–water partition coefficient (Wildman–Crippen LogP) is 6.00. The second kappa shape index (κ2) is 7.62. The molecule has 116 valence electrons. The van der Waals surface area contributed by atoms with E-state index in [0.717, 1.165) is 0 Å². The van der Waals surface area contributed by atoms with Gasteiger partial charge in [-0.2, -0.15) is 0 Å². The number of halogens is 5. The van der Waals surface area contributed by atoms with Gasteiger partial charge in [-0.25, -0.2) is 0 Å². The first-order chi connectivity index (χ1) is 10.3. The normalized spacial score (nSPS) is 10.4. The van der Waals surface area contributed by atoms with Crippen molar-refractivity contribution in [1.29, 1.82) is 0 Å². The smallest absolute Gasteiger partial charge is 0.243 e. The first kappa shape index (κ1) is 17.5. The zero-order valence-corrected chi connectivity index (χ0v) is 14.7. The molecule has 2 N–H and O–H groups in total. The van der Waals surface area contributed by atoms with Gasteiger partial charge in [-0.15, -0.1) is 0 Å². The maximum atomic E-state index is 11.9. The molecule has 0 saturated carbocycles. The molecule has 3 nitrogen and oxygen atoms in total. The lowest BCUT2D eigenvalue weighted by molar-refractivity contribution is -0.114. The Hall–Kier alpha value is -0.840. The Morgan fingerprint density at radius 2 is 1.41 bits per heavy atom. The molecule has 0 aliphatic heterocycles. The van der Waals surface area contributed by atoms with Gasteiger partial charge >= 0.3 is 0 Å². The Balaban J connectivity index is 2.00. The van der Waals surface area contributed by atoms with Crippen LogP contribution in [0.25, 0.3) is 0 Å². The Morgan fingerprint density at radius 1 is 0.818 bits per heavy atom. The third-order valence-electron chi connectivity index (χ3n) is 2.60. The van der Waals surface area contributed by atoms with E-state index < -0.39 is 0 Å². The lowest BCUT2D eigenvalue weighted by atomic mass is 10.3. The third kappa shape index (κ3) is 4.83. The molecule has 0 atom stereocenters. The highest BCUT2D eigenvalue weighted by Gasteiger charge is 2.09. The Labute approximate surface area is 152 Å². The number of carbonyl (C=O) groups is 1. The minimum Gasteiger partial charge on any atom is -0.376 e. The number of carbonyl (C=O) groups excluding carboxylic acids is 1. The van der Waals surface area contributed by atoms with Crippen LogP contribution in [0.15, 0.2) is 30.3 Å². The highest BCUT2D eigenvalue weighted by molar-refractivity contribution is 6.44. The summed E-state index contributed by atoms with van der Waals surface area (Å²) < 4.78 is 0. The Bertz CT molecular complexity index is 700. The minimum absolute atomic E-state index is 0.00719. The summed E-state index contributed by atoms with van der Waals surface area (Å²) in [6, 6.07) is 7.87. The van der Waals surface area contributed by atoms with Gasteiger partial charge in [0.2, 0.25) is 5.91 Å². The Morgan fingerprint density at radius 3 is 2.05 bits per heavy atom. The van der Waals surface area contributed by atoms with Crippen LogP contribution >= 0.6 is 58.0 Å². The van der Waals surface area contributed by atoms with E-state index in [4.69, 9.17) is 58.0 Å². The molecule has 0 aliphatic carbocycles. The monoisotopic (exact) mass is 396 g/mol. The van der Waals surface area contributed by atoms with E-state index in [-0.39, 0.29) is 12.5 Å². The van der Waals surface area contributed by atoms with Gasteiger partial charge in [0, 0.05) is 15.7 Å². The molecule has 8 heteroatoms.